The molecule has 2 rings (SSSR count). The van der Waals surface area contributed by atoms with Crippen LogP contribution in [0.3, 0.4) is 0 Å². The lowest BCUT2D eigenvalue weighted by molar-refractivity contribution is 0.370. The van der Waals surface area contributed by atoms with Crippen molar-refractivity contribution in [2.24, 2.45) is 10.4 Å². The summed E-state index contributed by atoms with van der Waals surface area (Å²) in [5.74, 6) is 0.0855. The molecule has 0 aromatic heterocycles. The fraction of sp³-hybridized carbons (Fsp3) is 0.588. The van der Waals surface area contributed by atoms with Crippen LogP contribution in [0.1, 0.15) is 32.8 Å². The summed E-state index contributed by atoms with van der Waals surface area (Å²) in [5.41, 5.74) is 0.673. The lowest BCUT2D eigenvalue weighted by Gasteiger charge is -2.23. The third kappa shape index (κ3) is 5.90. The van der Waals surface area contributed by atoms with Crippen LogP contribution in [0.5, 0.6) is 0 Å². The summed E-state index contributed by atoms with van der Waals surface area (Å²) in [6.45, 7) is 9.71. The van der Waals surface area contributed by atoms with Gasteiger partial charge in [-0.1, -0.05) is 13.8 Å². The van der Waals surface area contributed by atoms with Crippen LogP contribution in [-0.4, -0.2) is 37.0 Å². The highest BCUT2D eigenvalue weighted by atomic mass is 127. The number of benzene rings is 1. The van der Waals surface area contributed by atoms with E-state index in [9.17, 15) is 8.78 Å². The van der Waals surface area contributed by atoms with Crippen LogP contribution in [0.4, 0.5) is 8.78 Å². The van der Waals surface area contributed by atoms with Crippen LogP contribution >= 0.6 is 24.0 Å². The topological polar surface area (TPSA) is 27.6 Å². The Balaban J connectivity index is 0.00000264. The van der Waals surface area contributed by atoms with E-state index in [2.05, 4.69) is 29.1 Å². The van der Waals surface area contributed by atoms with E-state index in [1.54, 1.807) is 0 Å². The van der Waals surface area contributed by atoms with E-state index in [1.165, 1.54) is 12.1 Å². The van der Waals surface area contributed by atoms with Gasteiger partial charge in [-0.2, -0.15) is 0 Å². The quantitative estimate of drug-likeness (QED) is 0.441. The maximum Gasteiger partial charge on any atom is 0.193 e. The lowest BCUT2D eigenvalue weighted by atomic mass is 9.93. The first kappa shape index (κ1) is 20.1. The molecule has 23 heavy (non-hydrogen) atoms. The smallest absolute Gasteiger partial charge is 0.193 e. The van der Waals surface area contributed by atoms with Gasteiger partial charge in [-0.3, -0.25) is 4.99 Å². The van der Waals surface area contributed by atoms with Crippen molar-refractivity contribution in [2.75, 3.05) is 26.2 Å². The minimum atomic E-state index is -0.409. The van der Waals surface area contributed by atoms with E-state index < -0.39 is 5.82 Å². The van der Waals surface area contributed by atoms with Crippen LogP contribution in [0, 0.1) is 17.0 Å². The number of hydrogen-bond donors (Lipinski definition) is 1. The molecule has 0 unspecified atom stereocenters. The second-order valence-corrected chi connectivity index (χ2v) is 6.56. The van der Waals surface area contributed by atoms with Crippen molar-refractivity contribution >= 4 is 29.9 Å². The molecule has 0 aliphatic carbocycles. The molecule has 0 bridgehead atoms. The second kappa shape index (κ2) is 8.80. The fourth-order valence-corrected chi connectivity index (χ4v) is 2.74. The summed E-state index contributed by atoms with van der Waals surface area (Å²) in [6, 6.07) is 3.55. The van der Waals surface area contributed by atoms with Gasteiger partial charge in [0, 0.05) is 26.2 Å². The highest BCUT2D eigenvalue weighted by Gasteiger charge is 2.30. The van der Waals surface area contributed by atoms with Crippen molar-refractivity contribution < 1.29 is 8.78 Å². The third-order valence-electron chi connectivity index (χ3n) is 3.96. The molecule has 1 aromatic rings. The van der Waals surface area contributed by atoms with Gasteiger partial charge in [-0.25, -0.2) is 8.78 Å². The lowest BCUT2D eigenvalue weighted by Crippen LogP contribution is -2.40. The molecule has 1 heterocycles. The molecular weight excluding hydrogens is 411 g/mol. The number of hydrogen-bond acceptors (Lipinski definition) is 1. The Morgan fingerprint density at radius 1 is 1.35 bits per heavy atom. The van der Waals surface area contributed by atoms with Gasteiger partial charge in [-0.15, -0.1) is 24.0 Å². The average Bonchev–Trinajstić information content (AvgIpc) is 2.82. The van der Waals surface area contributed by atoms with Crippen LogP contribution in [0.2, 0.25) is 0 Å². The van der Waals surface area contributed by atoms with Crippen molar-refractivity contribution in [2.45, 2.75) is 33.6 Å². The first-order valence-corrected chi connectivity index (χ1v) is 7.88. The summed E-state index contributed by atoms with van der Waals surface area (Å²) in [4.78, 5) is 6.81. The normalized spacial score (nSPS) is 17.1. The second-order valence-electron chi connectivity index (χ2n) is 6.56. The van der Waals surface area contributed by atoms with E-state index in [0.717, 1.165) is 38.1 Å². The number of halogens is 3. The Morgan fingerprint density at radius 2 is 2.09 bits per heavy atom. The zero-order chi connectivity index (χ0) is 16.2. The Hall–Kier alpha value is -0.920. The average molecular weight is 437 g/mol. The molecule has 0 radical (unpaired) electrons. The van der Waals surface area contributed by atoms with E-state index in [0.29, 0.717) is 23.9 Å². The molecule has 0 saturated carbocycles. The maximum absolute atomic E-state index is 13.6. The van der Waals surface area contributed by atoms with Gasteiger partial charge < -0.3 is 10.2 Å². The summed E-state index contributed by atoms with van der Waals surface area (Å²) in [7, 11) is 0. The molecule has 1 saturated heterocycles. The van der Waals surface area contributed by atoms with Crippen molar-refractivity contribution in [3.05, 3.63) is 35.4 Å². The number of guanidine groups is 1. The minimum Gasteiger partial charge on any atom is -0.357 e. The van der Waals surface area contributed by atoms with Gasteiger partial charge in [0.15, 0.2) is 5.96 Å². The van der Waals surface area contributed by atoms with Crippen molar-refractivity contribution in [3.8, 4) is 0 Å². The molecule has 1 N–H and O–H groups in total. The van der Waals surface area contributed by atoms with E-state index in [1.807, 2.05) is 6.92 Å². The van der Waals surface area contributed by atoms with Gasteiger partial charge in [0.1, 0.15) is 11.6 Å². The molecule has 1 aliphatic rings. The van der Waals surface area contributed by atoms with E-state index in [4.69, 9.17) is 0 Å². The molecule has 6 heteroatoms. The molecule has 1 aliphatic heterocycles. The monoisotopic (exact) mass is 437 g/mol. The SMILES string of the molecule is CCNC(=NCCc1cc(F)ccc1F)N1CCC(C)(C)C1.I. The zero-order valence-electron chi connectivity index (χ0n) is 14.0. The Bertz CT molecular complexity index is 547. The number of aliphatic imine (C=N–C) groups is 1. The summed E-state index contributed by atoms with van der Waals surface area (Å²) >= 11 is 0. The number of nitrogens with zero attached hydrogens (tertiary/aromatic N) is 2. The molecule has 0 spiro atoms. The zero-order valence-corrected chi connectivity index (χ0v) is 16.4. The van der Waals surface area contributed by atoms with Crippen LogP contribution < -0.4 is 5.32 Å². The van der Waals surface area contributed by atoms with Gasteiger partial charge in [0.25, 0.3) is 0 Å². The summed E-state index contributed by atoms with van der Waals surface area (Å²) in [5, 5.41) is 3.28. The van der Waals surface area contributed by atoms with E-state index >= 15 is 0 Å². The van der Waals surface area contributed by atoms with Crippen LogP contribution in [0.15, 0.2) is 23.2 Å². The first-order chi connectivity index (χ1) is 10.4. The van der Waals surface area contributed by atoms with Crippen molar-refractivity contribution in [1.29, 1.82) is 0 Å². The van der Waals surface area contributed by atoms with Gasteiger partial charge in [-0.05, 0) is 48.9 Å². The van der Waals surface area contributed by atoms with E-state index in [-0.39, 0.29) is 29.8 Å². The first-order valence-electron chi connectivity index (χ1n) is 7.88. The Labute approximate surface area is 154 Å². The highest BCUT2D eigenvalue weighted by molar-refractivity contribution is 14.0. The predicted molar refractivity (Wildman–Crippen MR) is 101 cm³/mol. The molecule has 130 valence electrons. The standard InChI is InChI=1S/C17H25F2N3.HI/c1-4-20-16(22-10-8-17(2,3)12-22)21-9-7-13-11-14(18)5-6-15(13)19;/h5-6,11H,4,7-10,12H2,1-3H3,(H,20,21);1H. The molecule has 3 nitrogen and oxygen atoms in total. The third-order valence-corrected chi connectivity index (χ3v) is 3.96. The van der Waals surface area contributed by atoms with Crippen molar-refractivity contribution in [1.82, 2.24) is 10.2 Å². The molecular formula is C17H26F2IN3. The van der Waals surface area contributed by atoms with Crippen LogP contribution in [0.25, 0.3) is 0 Å². The Kier molecular flexibility index (Phi) is 7.70. The predicted octanol–water partition coefficient (Wildman–Crippen LogP) is 3.82. The van der Waals surface area contributed by atoms with Crippen molar-refractivity contribution in [3.63, 3.8) is 0 Å². The number of likely N-dealkylation sites (tertiary alicyclic amines) is 1. The van der Waals surface area contributed by atoms with Gasteiger partial charge in [0.05, 0.1) is 0 Å². The number of nitrogens with one attached hydrogen (secondary N) is 1. The molecule has 1 fully saturated rings. The summed E-state index contributed by atoms with van der Waals surface area (Å²) < 4.78 is 26.8. The van der Waals surface area contributed by atoms with Gasteiger partial charge >= 0.3 is 0 Å². The Morgan fingerprint density at radius 3 is 2.70 bits per heavy atom. The summed E-state index contributed by atoms with van der Waals surface area (Å²) in [6.07, 6.45) is 1.53. The van der Waals surface area contributed by atoms with Gasteiger partial charge in [0.2, 0.25) is 0 Å². The largest absolute Gasteiger partial charge is 0.357 e. The molecule has 1 aromatic carbocycles. The molecule has 0 atom stereocenters. The fourth-order valence-electron chi connectivity index (χ4n) is 2.74. The number of rotatable bonds is 4. The highest BCUT2D eigenvalue weighted by Crippen LogP contribution is 2.28. The maximum atomic E-state index is 13.6. The van der Waals surface area contributed by atoms with Crippen LogP contribution in [-0.2, 0) is 6.42 Å². The minimum absolute atomic E-state index is 0. The molecule has 0 amide bonds.